The summed E-state index contributed by atoms with van der Waals surface area (Å²) in [6, 6.07) is 4.26. The fraction of sp³-hybridized carbons (Fsp3) is 0.200. The van der Waals surface area contributed by atoms with Crippen molar-refractivity contribution in [3.8, 4) is 0 Å². The molecule has 1 aromatic rings. The monoisotopic (exact) mass is 198 g/mol. The second-order valence-electron chi connectivity index (χ2n) is 3.24. The Hall–Kier alpha value is -2.31. The van der Waals surface area contributed by atoms with Gasteiger partial charge >= 0.3 is 0 Å². The summed E-state index contributed by atoms with van der Waals surface area (Å²) in [6.45, 7) is 6.85. The maximum Gasteiger partial charge on any atom is 0.187 e. The topological polar surface area (TPSA) is 70.2 Å². The number of Topliss-reactive ketones (excluding diaryl/α,β-unsaturated/α-hetero) is 1. The Morgan fingerprint density at radius 3 is 3.00 bits per heavy atom. The lowest BCUT2D eigenvalue weighted by Gasteiger charge is -1.95. The molecular formula is C10H6N4O. The van der Waals surface area contributed by atoms with Crippen LogP contribution in [0.2, 0.25) is 0 Å². The van der Waals surface area contributed by atoms with Gasteiger partial charge in [0.1, 0.15) is 6.04 Å². The van der Waals surface area contributed by atoms with Crippen LogP contribution in [-0.4, -0.2) is 11.8 Å². The molecule has 0 aliphatic heterocycles. The zero-order chi connectivity index (χ0) is 10.8. The highest BCUT2D eigenvalue weighted by molar-refractivity contribution is 6.05. The molecule has 2 rings (SSSR count). The van der Waals surface area contributed by atoms with Crippen LogP contribution in [0.1, 0.15) is 15.9 Å². The van der Waals surface area contributed by atoms with Gasteiger partial charge in [0.25, 0.3) is 0 Å². The van der Waals surface area contributed by atoms with E-state index >= 15 is 0 Å². The molecule has 1 aromatic carbocycles. The number of hydrogen-bond donors (Lipinski definition) is 0. The first kappa shape index (κ1) is 9.25. The number of carbonyl (C=O) groups is 1. The maximum absolute atomic E-state index is 11.6. The highest BCUT2D eigenvalue weighted by atomic mass is 16.1. The van der Waals surface area contributed by atoms with Gasteiger partial charge in [-0.2, -0.15) is 0 Å². The van der Waals surface area contributed by atoms with E-state index in [0.717, 1.165) is 5.56 Å². The zero-order valence-electron chi connectivity index (χ0n) is 7.71. The number of benzene rings is 1. The van der Waals surface area contributed by atoms with Crippen molar-refractivity contribution < 1.29 is 4.79 Å². The van der Waals surface area contributed by atoms with E-state index in [4.69, 9.17) is 12.1 Å². The second kappa shape index (κ2) is 3.45. The standard InChI is InChI=1S/C10H6N4O/c1-12-7-2-3-8-6(4-7)5-9(10(8)15)13-14-11/h2-4,9H,5H2. The molecule has 0 N–H and O–H groups in total. The van der Waals surface area contributed by atoms with Crippen molar-refractivity contribution in [2.24, 2.45) is 5.11 Å². The largest absolute Gasteiger partial charge is 0.294 e. The molecule has 1 unspecified atom stereocenters. The molecule has 0 heterocycles. The van der Waals surface area contributed by atoms with Crippen LogP contribution in [0.4, 0.5) is 5.69 Å². The van der Waals surface area contributed by atoms with Gasteiger partial charge in [0.05, 0.1) is 6.57 Å². The molecule has 15 heavy (non-hydrogen) atoms. The van der Waals surface area contributed by atoms with Crippen LogP contribution in [0, 0.1) is 6.57 Å². The molecule has 0 spiro atoms. The first-order valence-corrected chi connectivity index (χ1v) is 4.35. The van der Waals surface area contributed by atoms with Crippen LogP contribution in [-0.2, 0) is 6.42 Å². The van der Waals surface area contributed by atoms with Gasteiger partial charge < -0.3 is 0 Å². The lowest BCUT2D eigenvalue weighted by molar-refractivity contribution is 0.0975. The van der Waals surface area contributed by atoms with E-state index in [1.54, 1.807) is 18.2 Å². The highest BCUT2D eigenvalue weighted by Crippen LogP contribution is 2.28. The van der Waals surface area contributed by atoms with Crippen LogP contribution in [0.25, 0.3) is 15.3 Å². The van der Waals surface area contributed by atoms with Crippen molar-refractivity contribution in [1.82, 2.24) is 0 Å². The third-order valence-corrected chi connectivity index (χ3v) is 2.39. The summed E-state index contributed by atoms with van der Waals surface area (Å²) < 4.78 is 0. The minimum absolute atomic E-state index is 0.153. The van der Waals surface area contributed by atoms with Crippen molar-refractivity contribution in [3.05, 3.63) is 51.2 Å². The van der Waals surface area contributed by atoms with Gasteiger partial charge in [-0.1, -0.05) is 23.3 Å². The summed E-state index contributed by atoms with van der Waals surface area (Å²) >= 11 is 0. The SMILES string of the molecule is [C-]#[N+]c1ccc2c(c1)CC(N=[N+]=[N-])C2=O. The van der Waals surface area contributed by atoms with E-state index in [0.29, 0.717) is 17.7 Å². The molecule has 72 valence electrons. The smallest absolute Gasteiger partial charge is 0.187 e. The van der Waals surface area contributed by atoms with E-state index < -0.39 is 6.04 Å². The fourth-order valence-corrected chi connectivity index (χ4v) is 1.70. The number of carbonyl (C=O) groups excluding carboxylic acids is 1. The molecule has 1 atom stereocenters. The number of fused-ring (bicyclic) bond motifs is 1. The van der Waals surface area contributed by atoms with E-state index in [9.17, 15) is 4.79 Å². The third kappa shape index (κ3) is 1.43. The summed E-state index contributed by atoms with van der Waals surface area (Å²) in [4.78, 5) is 17.6. The normalized spacial score (nSPS) is 17.8. The Morgan fingerprint density at radius 1 is 1.53 bits per heavy atom. The summed E-state index contributed by atoms with van der Waals surface area (Å²) in [5, 5.41) is 3.43. The summed E-state index contributed by atoms with van der Waals surface area (Å²) in [7, 11) is 0. The van der Waals surface area contributed by atoms with E-state index in [1.165, 1.54) is 0 Å². The molecule has 0 saturated heterocycles. The van der Waals surface area contributed by atoms with Gasteiger partial charge in [0.15, 0.2) is 11.5 Å². The number of azide groups is 1. The molecule has 0 bridgehead atoms. The molecule has 0 saturated carbocycles. The minimum atomic E-state index is -0.633. The average Bonchev–Trinajstić information content (AvgIpc) is 2.56. The highest BCUT2D eigenvalue weighted by Gasteiger charge is 2.29. The predicted molar refractivity (Wildman–Crippen MR) is 53.7 cm³/mol. The minimum Gasteiger partial charge on any atom is -0.294 e. The third-order valence-electron chi connectivity index (χ3n) is 2.39. The van der Waals surface area contributed by atoms with Gasteiger partial charge in [-0.3, -0.25) is 4.79 Å². The van der Waals surface area contributed by atoms with Gasteiger partial charge in [0.2, 0.25) is 0 Å². The Bertz CT molecular complexity index is 523. The Labute approximate surface area is 85.8 Å². The molecular weight excluding hydrogens is 192 g/mol. The average molecular weight is 198 g/mol. The van der Waals surface area contributed by atoms with Crippen LogP contribution in [0.15, 0.2) is 23.3 Å². The molecule has 0 radical (unpaired) electrons. The van der Waals surface area contributed by atoms with Gasteiger partial charge in [0, 0.05) is 10.5 Å². The first-order valence-electron chi connectivity index (χ1n) is 4.35. The Balaban J connectivity index is 2.46. The molecule has 0 fully saturated rings. The van der Waals surface area contributed by atoms with Crippen molar-refractivity contribution in [2.75, 3.05) is 0 Å². The molecule has 0 aromatic heterocycles. The molecule has 0 amide bonds. The molecule has 1 aliphatic carbocycles. The number of hydrogen-bond acceptors (Lipinski definition) is 2. The van der Waals surface area contributed by atoms with Crippen LogP contribution in [0.5, 0.6) is 0 Å². The van der Waals surface area contributed by atoms with Crippen molar-refractivity contribution in [1.29, 1.82) is 0 Å². The van der Waals surface area contributed by atoms with Crippen molar-refractivity contribution in [3.63, 3.8) is 0 Å². The van der Waals surface area contributed by atoms with Gasteiger partial charge in [-0.05, 0) is 17.5 Å². The Kier molecular flexibility index (Phi) is 2.13. The van der Waals surface area contributed by atoms with Crippen LogP contribution in [0.3, 0.4) is 0 Å². The molecule has 5 nitrogen and oxygen atoms in total. The quantitative estimate of drug-likeness (QED) is 0.296. The van der Waals surface area contributed by atoms with Gasteiger partial charge in [-0.25, -0.2) is 4.85 Å². The lowest BCUT2D eigenvalue weighted by atomic mass is 10.1. The summed E-state index contributed by atoms with van der Waals surface area (Å²) in [5.41, 5.74) is 10.2. The number of rotatable bonds is 1. The lowest BCUT2D eigenvalue weighted by Crippen LogP contribution is -2.11. The first-order chi connectivity index (χ1) is 7.26. The summed E-state index contributed by atoms with van der Waals surface area (Å²) in [6.07, 6.45) is 0.404. The zero-order valence-corrected chi connectivity index (χ0v) is 7.71. The maximum atomic E-state index is 11.6. The fourth-order valence-electron chi connectivity index (χ4n) is 1.70. The van der Waals surface area contributed by atoms with Crippen molar-refractivity contribution in [2.45, 2.75) is 12.5 Å². The van der Waals surface area contributed by atoms with E-state index in [2.05, 4.69) is 14.9 Å². The van der Waals surface area contributed by atoms with E-state index in [1.807, 2.05) is 0 Å². The second-order valence-corrected chi connectivity index (χ2v) is 3.24. The number of nitrogens with zero attached hydrogens (tertiary/aromatic N) is 4. The Morgan fingerprint density at radius 2 is 2.33 bits per heavy atom. The summed E-state index contributed by atoms with van der Waals surface area (Å²) in [5.74, 6) is -0.153. The number of ketones is 1. The van der Waals surface area contributed by atoms with Crippen LogP contribution >= 0.6 is 0 Å². The molecule has 5 heteroatoms. The van der Waals surface area contributed by atoms with Crippen LogP contribution < -0.4 is 0 Å². The van der Waals surface area contributed by atoms with E-state index in [-0.39, 0.29) is 5.78 Å². The predicted octanol–water partition coefficient (Wildman–Crippen LogP) is 2.66. The molecule has 1 aliphatic rings. The van der Waals surface area contributed by atoms with Crippen molar-refractivity contribution >= 4 is 11.5 Å². The van der Waals surface area contributed by atoms with Gasteiger partial charge in [-0.15, -0.1) is 0 Å².